The van der Waals surface area contributed by atoms with Crippen LogP contribution in [0.25, 0.3) is 0 Å². The maximum Gasteiger partial charge on any atom is 0.228 e. The van der Waals surface area contributed by atoms with Crippen molar-refractivity contribution in [3.05, 3.63) is 23.9 Å². The smallest absolute Gasteiger partial charge is 0.228 e. The summed E-state index contributed by atoms with van der Waals surface area (Å²) >= 11 is 0. The second-order valence-corrected chi connectivity index (χ2v) is 5.38. The Morgan fingerprint density at radius 2 is 2.27 bits per heavy atom. The van der Waals surface area contributed by atoms with Crippen LogP contribution in [-0.4, -0.2) is 50.0 Å². The third-order valence-corrected chi connectivity index (χ3v) is 4.04. The molecule has 8 heteroatoms. The summed E-state index contributed by atoms with van der Waals surface area (Å²) in [5.41, 5.74) is 0. The van der Waals surface area contributed by atoms with Crippen molar-refractivity contribution in [3.8, 4) is 5.88 Å². The maximum atomic E-state index is 9.25. The van der Waals surface area contributed by atoms with Crippen molar-refractivity contribution in [1.29, 1.82) is 0 Å². The minimum atomic E-state index is -0.0983. The molecule has 0 spiro atoms. The molecule has 0 bridgehead atoms. The molecular formula is C14H20N6O2. The first-order valence-corrected chi connectivity index (χ1v) is 7.34. The number of hydrogen-bond donors (Lipinski definition) is 1. The van der Waals surface area contributed by atoms with Gasteiger partial charge in [-0.1, -0.05) is 0 Å². The second kappa shape index (κ2) is 6.27. The van der Waals surface area contributed by atoms with Crippen LogP contribution in [0.1, 0.15) is 30.4 Å². The van der Waals surface area contributed by atoms with E-state index < -0.39 is 0 Å². The summed E-state index contributed by atoms with van der Waals surface area (Å²) in [5.74, 6) is 2.98. The number of nitrogens with zero attached hydrogens (tertiary/aromatic N) is 6. The van der Waals surface area contributed by atoms with Crippen LogP contribution < -0.4 is 9.64 Å². The van der Waals surface area contributed by atoms with Gasteiger partial charge in [0.1, 0.15) is 12.4 Å². The van der Waals surface area contributed by atoms with Crippen LogP contribution in [0.5, 0.6) is 5.88 Å². The lowest BCUT2D eigenvalue weighted by atomic mass is 9.97. The van der Waals surface area contributed by atoms with Gasteiger partial charge in [-0.05, 0) is 12.8 Å². The average molecular weight is 304 g/mol. The van der Waals surface area contributed by atoms with Crippen molar-refractivity contribution < 1.29 is 9.84 Å². The number of aliphatic hydroxyl groups excluding tert-OH is 1. The summed E-state index contributed by atoms with van der Waals surface area (Å²) in [6.07, 6.45) is 3.78. The van der Waals surface area contributed by atoms with Crippen molar-refractivity contribution in [2.24, 2.45) is 7.05 Å². The Bertz CT molecular complexity index is 644. The van der Waals surface area contributed by atoms with Crippen LogP contribution in [-0.2, 0) is 13.7 Å². The predicted molar refractivity (Wildman–Crippen MR) is 79.7 cm³/mol. The standard InChI is InChI=1S/C14H20N6O2/c1-19-11(9-21)17-18-13(19)10-4-3-7-20(8-10)14-15-6-5-12(16-14)22-2/h5-6,10,21H,3-4,7-9H2,1-2H3. The Morgan fingerprint density at radius 3 is 3.00 bits per heavy atom. The van der Waals surface area contributed by atoms with Gasteiger partial charge in [-0.2, -0.15) is 4.98 Å². The van der Waals surface area contributed by atoms with E-state index >= 15 is 0 Å². The van der Waals surface area contributed by atoms with Crippen LogP contribution in [0.4, 0.5) is 5.95 Å². The highest BCUT2D eigenvalue weighted by Gasteiger charge is 2.27. The quantitative estimate of drug-likeness (QED) is 0.879. The van der Waals surface area contributed by atoms with E-state index in [1.54, 1.807) is 19.4 Å². The third kappa shape index (κ3) is 2.74. The van der Waals surface area contributed by atoms with Crippen LogP contribution >= 0.6 is 0 Å². The van der Waals surface area contributed by atoms with Gasteiger partial charge >= 0.3 is 0 Å². The van der Waals surface area contributed by atoms with E-state index in [2.05, 4.69) is 25.1 Å². The number of aliphatic hydroxyl groups is 1. The molecule has 22 heavy (non-hydrogen) atoms. The molecule has 2 aromatic rings. The van der Waals surface area contributed by atoms with Gasteiger partial charge < -0.3 is 19.3 Å². The van der Waals surface area contributed by atoms with E-state index in [4.69, 9.17) is 4.74 Å². The zero-order chi connectivity index (χ0) is 15.5. The Morgan fingerprint density at radius 1 is 1.41 bits per heavy atom. The molecule has 1 fully saturated rings. The van der Waals surface area contributed by atoms with E-state index in [0.29, 0.717) is 17.7 Å². The van der Waals surface area contributed by atoms with Crippen molar-refractivity contribution in [3.63, 3.8) is 0 Å². The fraction of sp³-hybridized carbons (Fsp3) is 0.571. The number of ether oxygens (including phenoxy) is 1. The lowest BCUT2D eigenvalue weighted by molar-refractivity contribution is 0.266. The first-order valence-electron chi connectivity index (χ1n) is 7.34. The highest BCUT2D eigenvalue weighted by molar-refractivity contribution is 5.33. The van der Waals surface area contributed by atoms with Crippen molar-refractivity contribution in [2.45, 2.75) is 25.4 Å². The first kappa shape index (κ1) is 14.7. The Kier molecular flexibility index (Phi) is 4.19. The highest BCUT2D eigenvalue weighted by Crippen LogP contribution is 2.28. The summed E-state index contributed by atoms with van der Waals surface area (Å²) < 4.78 is 7.04. The Labute approximate surface area is 128 Å². The highest BCUT2D eigenvalue weighted by atomic mass is 16.5. The average Bonchev–Trinajstić information content (AvgIpc) is 2.95. The number of methoxy groups -OCH3 is 1. The molecule has 2 aromatic heterocycles. The summed E-state index contributed by atoms with van der Waals surface area (Å²) in [6.45, 7) is 1.60. The minimum Gasteiger partial charge on any atom is -0.481 e. The molecule has 1 unspecified atom stereocenters. The van der Waals surface area contributed by atoms with Crippen LogP contribution in [0.3, 0.4) is 0 Å². The van der Waals surface area contributed by atoms with Gasteiger partial charge in [0.2, 0.25) is 11.8 Å². The van der Waals surface area contributed by atoms with E-state index in [1.165, 1.54) is 0 Å². The fourth-order valence-corrected chi connectivity index (χ4v) is 2.84. The molecule has 1 aliphatic heterocycles. The third-order valence-electron chi connectivity index (χ3n) is 4.04. The molecular weight excluding hydrogens is 284 g/mol. The fourth-order valence-electron chi connectivity index (χ4n) is 2.84. The summed E-state index contributed by atoms with van der Waals surface area (Å²) in [6, 6.07) is 1.74. The van der Waals surface area contributed by atoms with E-state index in [-0.39, 0.29) is 12.5 Å². The molecule has 3 rings (SSSR count). The molecule has 0 amide bonds. The monoisotopic (exact) mass is 304 g/mol. The molecule has 1 atom stereocenters. The van der Waals surface area contributed by atoms with Gasteiger partial charge in [0.05, 0.1) is 7.11 Å². The molecule has 1 aliphatic rings. The number of hydrogen-bond acceptors (Lipinski definition) is 7. The van der Waals surface area contributed by atoms with Gasteiger partial charge in [-0.3, -0.25) is 0 Å². The topological polar surface area (TPSA) is 89.2 Å². The van der Waals surface area contributed by atoms with Crippen LogP contribution in [0, 0.1) is 0 Å². The van der Waals surface area contributed by atoms with Gasteiger partial charge in [0.15, 0.2) is 5.82 Å². The summed E-state index contributed by atoms with van der Waals surface area (Å²) in [7, 11) is 3.49. The zero-order valence-corrected chi connectivity index (χ0v) is 12.8. The predicted octanol–water partition coefficient (Wildman–Crippen LogP) is 0.490. The van der Waals surface area contributed by atoms with Gasteiger partial charge in [0, 0.05) is 38.3 Å². The lowest BCUT2D eigenvalue weighted by Crippen LogP contribution is -2.36. The summed E-state index contributed by atoms with van der Waals surface area (Å²) in [5, 5.41) is 17.5. The molecule has 1 saturated heterocycles. The number of piperidine rings is 1. The number of aromatic nitrogens is 5. The lowest BCUT2D eigenvalue weighted by Gasteiger charge is -2.32. The summed E-state index contributed by atoms with van der Waals surface area (Å²) in [4.78, 5) is 10.9. The molecule has 3 heterocycles. The Hall–Kier alpha value is -2.22. The van der Waals surface area contributed by atoms with Gasteiger partial charge in [0.25, 0.3) is 0 Å². The molecule has 0 aromatic carbocycles. The van der Waals surface area contributed by atoms with Crippen molar-refractivity contribution in [1.82, 2.24) is 24.7 Å². The van der Waals surface area contributed by atoms with Gasteiger partial charge in [-0.25, -0.2) is 4.98 Å². The normalized spacial score (nSPS) is 18.5. The SMILES string of the molecule is COc1ccnc(N2CCCC(c3nnc(CO)n3C)C2)n1. The van der Waals surface area contributed by atoms with Crippen LogP contribution in [0.15, 0.2) is 12.3 Å². The van der Waals surface area contributed by atoms with E-state index in [0.717, 1.165) is 31.8 Å². The number of anilines is 1. The Balaban J connectivity index is 1.80. The van der Waals surface area contributed by atoms with E-state index in [1.807, 2.05) is 11.6 Å². The number of rotatable bonds is 4. The van der Waals surface area contributed by atoms with Crippen molar-refractivity contribution in [2.75, 3.05) is 25.1 Å². The molecule has 8 nitrogen and oxygen atoms in total. The second-order valence-electron chi connectivity index (χ2n) is 5.38. The molecule has 118 valence electrons. The molecule has 0 aliphatic carbocycles. The van der Waals surface area contributed by atoms with E-state index in [9.17, 15) is 5.11 Å². The maximum absolute atomic E-state index is 9.25. The van der Waals surface area contributed by atoms with Crippen LogP contribution in [0.2, 0.25) is 0 Å². The molecule has 0 radical (unpaired) electrons. The largest absolute Gasteiger partial charge is 0.481 e. The van der Waals surface area contributed by atoms with Crippen molar-refractivity contribution >= 4 is 5.95 Å². The molecule has 1 N–H and O–H groups in total. The first-order chi connectivity index (χ1) is 10.7. The molecule has 0 saturated carbocycles. The minimum absolute atomic E-state index is 0.0983. The zero-order valence-electron chi connectivity index (χ0n) is 12.8. The van der Waals surface area contributed by atoms with Gasteiger partial charge in [-0.15, -0.1) is 10.2 Å².